The topological polar surface area (TPSA) is 66.4 Å². The lowest BCUT2D eigenvalue weighted by molar-refractivity contribution is -0.140. The Balaban J connectivity index is 1.63. The van der Waals surface area contributed by atoms with Crippen molar-refractivity contribution in [2.24, 2.45) is 5.41 Å². The second-order valence-electron chi connectivity index (χ2n) is 6.98. The van der Waals surface area contributed by atoms with Crippen LogP contribution in [0, 0.1) is 5.41 Å². The molecule has 0 aromatic carbocycles. The molecule has 2 N–H and O–H groups in total. The van der Waals surface area contributed by atoms with Crippen molar-refractivity contribution in [3.8, 4) is 0 Å². The number of nitrogens with one attached hydrogen (secondary N) is 1. The normalized spacial score (nSPS) is 23.6. The Kier molecular flexibility index (Phi) is 8.10. The van der Waals surface area contributed by atoms with Gasteiger partial charge in [0, 0.05) is 24.0 Å². The minimum Gasteiger partial charge on any atom is -0.481 e. The van der Waals surface area contributed by atoms with Crippen LogP contribution in [-0.2, 0) is 9.59 Å². The number of carbonyl (C=O) groups excluding carboxylic acids is 1. The highest BCUT2D eigenvalue weighted by Crippen LogP contribution is 2.40. The lowest BCUT2D eigenvalue weighted by Gasteiger charge is -2.36. The van der Waals surface area contributed by atoms with Crippen molar-refractivity contribution in [2.75, 3.05) is 12.3 Å². The maximum atomic E-state index is 12.0. The number of carboxylic acids is 1. The molecule has 1 unspecified atom stereocenters. The molecule has 4 nitrogen and oxygen atoms in total. The molecule has 1 saturated heterocycles. The summed E-state index contributed by atoms with van der Waals surface area (Å²) in [7, 11) is 3.96. The summed E-state index contributed by atoms with van der Waals surface area (Å²) in [6.07, 6.45) is 10.6. The summed E-state index contributed by atoms with van der Waals surface area (Å²) in [6, 6.07) is 0. The van der Waals surface area contributed by atoms with Gasteiger partial charge in [0.25, 0.3) is 0 Å². The molecule has 0 spiro atoms. The van der Waals surface area contributed by atoms with Crippen LogP contribution >= 0.6 is 21.6 Å². The molecule has 23 heavy (non-hydrogen) atoms. The largest absolute Gasteiger partial charge is 0.481 e. The van der Waals surface area contributed by atoms with Crippen LogP contribution in [0.4, 0.5) is 0 Å². The molecule has 6 heteroatoms. The van der Waals surface area contributed by atoms with Crippen molar-refractivity contribution in [3.05, 3.63) is 0 Å². The molecule has 1 aliphatic carbocycles. The van der Waals surface area contributed by atoms with E-state index >= 15 is 0 Å². The molecule has 1 atom stereocenters. The number of unbranched alkanes of at least 4 members (excludes halogenated alkanes) is 1. The summed E-state index contributed by atoms with van der Waals surface area (Å²) in [5, 5.41) is 13.0. The second kappa shape index (κ2) is 9.82. The third-order valence-corrected chi connectivity index (χ3v) is 8.01. The predicted octanol–water partition coefficient (Wildman–Crippen LogP) is 4.24. The van der Waals surface area contributed by atoms with Crippen LogP contribution in [0.5, 0.6) is 0 Å². The van der Waals surface area contributed by atoms with Crippen LogP contribution in [0.3, 0.4) is 0 Å². The van der Waals surface area contributed by atoms with Crippen LogP contribution < -0.4 is 5.32 Å². The molecule has 0 aromatic rings. The van der Waals surface area contributed by atoms with Crippen molar-refractivity contribution < 1.29 is 14.7 Å². The smallest absolute Gasteiger partial charge is 0.303 e. The van der Waals surface area contributed by atoms with Crippen molar-refractivity contribution >= 4 is 33.5 Å². The van der Waals surface area contributed by atoms with E-state index in [4.69, 9.17) is 5.11 Å². The van der Waals surface area contributed by atoms with Crippen molar-refractivity contribution in [2.45, 2.75) is 75.9 Å². The van der Waals surface area contributed by atoms with E-state index < -0.39 is 5.97 Å². The Morgan fingerprint density at radius 1 is 1.17 bits per heavy atom. The van der Waals surface area contributed by atoms with Crippen molar-refractivity contribution in [1.82, 2.24) is 5.32 Å². The van der Waals surface area contributed by atoms with E-state index in [-0.39, 0.29) is 17.7 Å². The van der Waals surface area contributed by atoms with Crippen LogP contribution in [0.1, 0.15) is 70.6 Å². The molecule has 2 fully saturated rings. The zero-order valence-corrected chi connectivity index (χ0v) is 15.5. The quantitative estimate of drug-likeness (QED) is 0.476. The molecule has 2 aliphatic rings. The molecular weight excluding hydrogens is 330 g/mol. The van der Waals surface area contributed by atoms with Gasteiger partial charge in [-0.1, -0.05) is 47.3 Å². The highest BCUT2D eigenvalue weighted by Gasteiger charge is 2.34. The number of hydrogen-bond acceptors (Lipinski definition) is 4. The third-order valence-electron chi connectivity index (χ3n) is 5.01. The number of aliphatic carboxylic acids is 1. The minimum absolute atomic E-state index is 0.0915. The molecule has 2 rings (SSSR count). The molecule has 1 saturated carbocycles. The first kappa shape index (κ1) is 19.0. The second-order valence-corrected chi connectivity index (χ2v) is 9.77. The van der Waals surface area contributed by atoms with Gasteiger partial charge in [0.2, 0.25) is 5.91 Å². The van der Waals surface area contributed by atoms with Gasteiger partial charge in [-0.2, -0.15) is 0 Å². The summed E-state index contributed by atoms with van der Waals surface area (Å²) in [5.74, 6) is 0.614. The number of hydrogen-bond donors (Lipinski definition) is 2. The van der Waals surface area contributed by atoms with E-state index in [1.807, 2.05) is 21.6 Å². The summed E-state index contributed by atoms with van der Waals surface area (Å²) in [5.41, 5.74) is -0.211. The minimum atomic E-state index is -0.743. The monoisotopic (exact) mass is 359 g/mol. The van der Waals surface area contributed by atoms with Crippen molar-refractivity contribution in [1.29, 1.82) is 0 Å². The summed E-state index contributed by atoms with van der Waals surface area (Å²) in [6.45, 7) is 0.535. The molecule has 1 amide bonds. The predicted molar refractivity (Wildman–Crippen MR) is 97.7 cm³/mol. The standard InChI is InChI=1S/C17H29NO3S2/c19-15(7-3-2-6-14-8-11-22-23-14)18-13-17(12-16(20)21)9-4-1-5-10-17/h14H,1-13H2,(H,18,19)(H,20,21). The summed E-state index contributed by atoms with van der Waals surface area (Å²) in [4.78, 5) is 23.2. The fourth-order valence-corrected chi connectivity index (χ4v) is 6.66. The molecule has 0 radical (unpaired) electrons. The van der Waals surface area contributed by atoms with Gasteiger partial charge in [-0.3, -0.25) is 9.59 Å². The summed E-state index contributed by atoms with van der Waals surface area (Å²) < 4.78 is 0. The van der Waals surface area contributed by atoms with Gasteiger partial charge >= 0.3 is 5.97 Å². The van der Waals surface area contributed by atoms with E-state index in [9.17, 15) is 9.59 Å². The first-order valence-electron chi connectivity index (χ1n) is 8.86. The number of carboxylic acid groups (broad SMARTS) is 1. The molecule has 1 heterocycles. The van der Waals surface area contributed by atoms with Gasteiger partial charge in [-0.25, -0.2) is 0 Å². The van der Waals surface area contributed by atoms with Gasteiger partial charge in [0.05, 0.1) is 6.42 Å². The first-order chi connectivity index (χ1) is 11.1. The van der Waals surface area contributed by atoms with Crippen molar-refractivity contribution in [3.63, 3.8) is 0 Å². The zero-order valence-electron chi connectivity index (χ0n) is 13.8. The third kappa shape index (κ3) is 6.96. The molecular formula is C17H29NO3S2. The maximum absolute atomic E-state index is 12.0. The number of carbonyl (C=O) groups is 2. The number of rotatable bonds is 9. The lowest BCUT2D eigenvalue weighted by Crippen LogP contribution is -2.40. The molecule has 0 aromatic heterocycles. The van der Waals surface area contributed by atoms with E-state index in [1.165, 1.54) is 25.0 Å². The first-order valence-corrected chi connectivity index (χ1v) is 11.2. The van der Waals surface area contributed by atoms with Gasteiger partial charge in [0.1, 0.15) is 0 Å². The van der Waals surface area contributed by atoms with Gasteiger partial charge in [0.15, 0.2) is 0 Å². The number of amides is 1. The Hall–Kier alpha value is -0.360. The van der Waals surface area contributed by atoms with Crippen LogP contribution in [0.15, 0.2) is 0 Å². The molecule has 132 valence electrons. The van der Waals surface area contributed by atoms with E-state index in [0.717, 1.165) is 43.8 Å². The van der Waals surface area contributed by atoms with E-state index in [0.29, 0.717) is 13.0 Å². The maximum Gasteiger partial charge on any atom is 0.303 e. The fourth-order valence-electron chi connectivity index (χ4n) is 3.64. The Bertz CT molecular complexity index is 391. The van der Waals surface area contributed by atoms with Gasteiger partial charge in [-0.05, 0) is 37.5 Å². The Labute approximate surface area is 147 Å². The SMILES string of the molecule is O=C(O)CC1(CNC(=O)CCCCC2CCSS2)CCCCC1. The Morgan fingerprint density at radius 3 is 2.61 bits per heavy atom. The van der Waals surface area contributed by atoms with E-state index in [2.05, 4.69) is 5.32 Å². The fraction of sp³-hybridized carbons (Fsp3) is 0.882. The molecule has 0 bridgehead atoms. The van der Waals surface area contributed by atoms with E-state index in [1.54, 1.807) is 0 Å². The molecule has 1 aliphatic heterocycles. The Morgan fingerprint density at radius 2 is 1.96 bits per heavy atom. The van der Waals surface area contributed by atoms with Crippen LogP contribution in [0.2, 0.25) is 0 Å². The highest BCUT2D eigenvalue weighted by molar-refractivity contribution is 8.77. The van der Waals surface area contributed by atoms with Crippen LogP contribution in [0.25, 0.3) is 0 Å². The lowest BCUT2D eigenvalue weighted by atomic mass is 9.71. The average Bonchev–Trinajstić information content (AvgIpc) is 3.03. The average molecular weight is 360 g/mol. The highest BCUT2D eigenvalue weighted by atomic mass is 33.1. The van der Waals surface area contributed by atoms with Crippen LogP contribution in [-0.4, -0.2) is 34.5 Å². The summed E-state index contributed by atoms with van der Waals surface area (Å²) >= 11 is 0. The van der Waals surface area contributed by atoms with Gasteiger partial charge < -0.3 is 10.4 Å². The van der Waals surface area contributed by atoms with Gasteiger partial charge in [-0.15, -0.1) is 0 Å². The zero-order chi connectivity index (χ0) is 16.5.